The number of halogens is 2. The Labute approximate surface area is 114 Å². The number of hydrogen-bond donors (Lipinski definition) is 0. The lowest BCUT2D eigenvalue weighted by Crippen LogP contribution is -1.96. The highest BCUT2D eigenvalue weighted by molar-refractivity contribution is 9.10. The minimum atomic E-state index is 0.406. The van der Waals surface area contributed by atoms with Crippen LogP contribution in [0.2, 0.25) is 0 Å². The molecular formula is C13H12BrClN2. The molecule has 0 amide bonds. The molecule has 0 N–H and O–H groups in total. The molecule has 17 heavy (non-hydrogen) atoms. The lowest BCUT2D eigenvalue weighted by atomic mass is 10.1. The second-order valence-electron chi connectivity index (χ2n) is 3.92. The third-order valence-corrected chi connectivity index (χ3v) is 3.60. The van der Waals surface area contributed by atoms with Crippen molar-refractivity contribution in [2.24, 2.45) is 0 Å². The predicted molar refractivity (Wildman–Crippen MR) is 74.2 cm³/mol. The molecule has 2 aromatic rings. The van der Waals surface area contributed by atoms with Crippen LogP contribution in [-0.4, -0.2) is 9.97 Å². The monoisotopic (exact) mass is 310 g/mol. The van der Waals surface area contributed by atoms with Crippen LogP contribution in [0.1, 0.15) is 17.0 Å². The number of alkyl halides is 1. The highest BCUT2D eigenvalue weighted by atomic mass is 79.9. The summed E-state index contributed by atoms with van der Waals surface area (Å²) in [4.78, 5) is 8.86. The van der Waals surface area contributed by atoms with E-state index in [1.54, 1.807) is 0 Å². The fourth-order valence-electron chi connectivity index (χ4n) is 1.56. The van der Waals surface area contributed by atoms with Gasteiger partial charge >= 0.3 is 0 Å². The molecule has 4 heteroatoms. The van der Waals surface area contributed by atoms with Crippen LogP contribution in [0.25, 0.3) is 11.4 Å². The van der Waals surface area contributed by atoms with Crippen LogP contribution in [-0.2, 0) is 5.88 Å². The summed E-state index contributed by atoms with van der Waals surface area (Å²) in [6, 6.07) is 8.00. The van der Waals surface area contributed by atoms with Crippen molar-refractivity contribution in [2.75, 3.05) is 0 Å². The topological polar surface area (TPSA) is 25.8 Å². The van der Waals surface area contributed by atoms with Crippen LogP contribution in [0.15, 0.2) is 28.7 Å². The first-order valence-electron chi connectivity index (χ1n) is 5.27. The van der Waals surface area contributed by atoms with Gasteiger partial charge in [-0.05, 0) is 31.5 Å². The molecule has 1 heterocycles. The lowest BCUT2D eigenvalue weighted by Gasteiger charge is -2.06. The first-order valence-corrected chi connectivity index (χ1v) is 6.60. The van der Waals surface area contributed by atoms with Crippen LogP contribution in [0, 0.1) is 13.8 Å². The van der Waals surface area contributed by atoms with E-state index in [0.29, 0.717) is 5.88 Å². The summed E-state index contributed by atoms with van der Waals surface area (Å²) < 4.78 is 1.06. The van der Waals surface area contributed by atoms with Crippen LogP contribution >= 0.6 is 27.5 Å². The zero-order chi connectivity index (χ0) is 12.4. The van der Waals surface area contributed by atoms with Crippen LogP contribution in [0.4, 0.5) is 0 Å². The molecule has 88 valence electrons. The summed E-state index contributed by atoms with van der Waals surface area (Å²) in [7, 11) is 0. The van der Waals surface area contributed by atoms with Gasteiger partial charge < -0.3 is 0 Å². The molecule has 1 aromatic heterocycles. The van der Waals surface area contributed by atoms with E-state index in [2.05, 4.69) is 32.8 Å². The molecule has 0 fully saturated rings. The van der Waals surface area contributed by atoms with E-state index < -0.39 is 0 Å². The smallest absolute Gasteiger partial charge is 0.159 e. The molecule has 0 aliphatic carbocycles. The molecule has 0 spiro atoms. The van der Waals surface area contributed by atoms with Crippen molar-refractivity contribution in [2.45, 2.75) is 19.7 Å². The quantitative estimate of drug-likeness (QED) is 0.774. The molecule has 0 bridgehead atoms. The maximum atomic E-state index is 5.82. The van der Waals surface area contributed by atoms with E-state index in [1.165, 1.54) is 5.56 Å². The normalized spacial score (nSPS) is 10.6. The largest absolute Gasteiger partial charge is 0.233 e. The standard InChI is InChI=1S/C13H12BrClN2/c1-8-3-4-10(6-12(8)14)13-16-9(2)5-11(7-15)17-13/h3-6H,7H2,1-2H3. The van der Waals surface area contributed by atoms with Crippen molar-refractivity contribution in [3.05, 3.63) is 45.7 Å². The van der Waals surface area contributed by atoms with Gasteiger partial charge in [0.15, 0.2) is 5.82 Å². The van der Waals surface area contributed by atoms with E-state index >= 15 is 0 Å². The molecule has 1 aromatic carbocycles. The van der Waals surface area contributed by atoms with Crippen molar-refractivity contribution >= 4 is 27.5 Å². The second kappa shape index (κ2) is 5.15. The number of nitrogens with zero attached hydrogens (tertiary/aromatic N) is 2. The molecule has 0 aliphatic heterocycles. The Hall–Kier alpha value is -0.930. The molecule has 0 saturated carbocycles. The Bertz CT molecular complexity index is 555. The third kappa shape index (κ3) is 2.85. The van der Waals surface area contributed by atoms with Gasteiger partial charge in [-0.25, -0.2) is 9.97 Å². The van der Waals surface area contributed by atoms with Crippen molar-refractivity contribution in [1.82, 2.24) is 9.97 Å². The summed E-state index contributed by atoms with van der Waals surface area (Å²) >= 11 is 9.33. The molecular weight excluding hydrogens is 300 g/mol. The molecule has 2 nitrogen and oxygen atoms in total. The van der Waals surface area contributed by atoms with E-state index in [4.69, 9.17) is 11.6 Å². The Morgan fingerprint density at radius 3 is 2.59 bits per heavy atom. The summed E-state index contributed by atoms with van der Waals surface area (Å²) in [6.45, 7) is 4.00. The maximum Gasteiger partial charge on any atom is 0.159 e. The fourth-order valence-corrected chi connectivity index (χ4v) is 2.08. The zero-order valence-corrected chi connectivity index (χ0v) is 12.0. The first kappa shape index (κ1) is 12.5. The minimum absolute atomic E-state index is 0.406. The van der Waals surface area contributed by atoms with Gasteiger partial charge in [-0.2, -0.15) is 0 Å². The van der Waals surface area contributed by atoms with E-state index in [1.807, 2.05) is 31.2 Å². The Kier molecular flexibility index (Phi) is 3.79. The second-order valence-corrected chi connectivity index (χ2v) is 5.04. The van der Waals surface area contributed by atoms with Crippen LogP contribution < -0.4 is 0 Å². The maximum absolute atomic E-state index is 5.82. The molecule has 0 saturated heterocycles. The molecule has 0 radical (unpaired) electrons. The van der Waals surface area contributed by atoms with Crippen molar-refractivity contribution in [1.29, 1.82) is 0 Å². The van der Waals surface area contributed by atoms with Gasteiger partial charge in [0.05, 0.1) is 11.6 Å². The highest BCUT2D eigenvalue weighted by Gasteiger charge is 2.06. The Morgan fingerprint density at radius 2 is 1.94 bits per heavy atom. The van der Waals surface area contributed by atoms with Gasteiger partial charge in [0.25, 0.3) is 0 Å². The highest BCUT2D eigenvalue weighted by Crippen LogP contribution is 2.23. The van der Waals surface area contributed by atoms with Gasteiger partial charge in [0, 0.05) is 15.7 Å². The molecule has 2 rings (SSSR count). The number of rotatable bonds is 2. The third-order valence-electron chi connectivity index (χ3n) is 2.47. The summed E-state index contributed by atoms with van der Waals surface area (Å²) in [5.41, 5.74) is 3.98. The SMILES string of the molecule is Cc1cc(CCl)nc(-c2ccc(C)c(Br)c2)n1. The number of aryl methyl sites for hydroxylation is 2. The Balaban J connectivity index is 2.52. The van der Waals surface area contributed by atoms with Gasteiger partial charge in [-0.1, -0.05) is 28.1 Å². The number of benzene rings is 1. The minimum Gasteiger partial charge on any atom is -0.233 e. The van der Waals surface area contributed by atoms with Crippen molar-refractivity contribution in [3.8, 4) is 11.4 Å². The van der Waals surface area contributed by atoms with Crippen LogP contribution in [0.3, 0.4) is 0 Å². The van der Waals surface area contributed by atoms with Gasteiger partial charge in [-0.3, -0.25) is 0 Å². The average molecular weight is 312 g/mol. The van der Waals surface area contributed by atoms with Crippen LogP contribution in [0.5, 0.6) is 0 Å². The van der Waals surface area contributed by atoms with Gasteiger partial charge in [-0.15, -0.1) is 11.6 Å². The number of aromatic nitrogens is 2. The summed E-state index contributed by atoms with van der Waals surface area (Å²) in [5.74, 6) is 1.13. The Morgan fingerprint density at radius 1 is 1.18 bits per heavy atom. The first-order chi connectivity index (χ1) is 8.10. The molecule has 0 atom stereocenters. The predicted octanol–water partition coefficient (Wildman–Crippen LogP) is 4.26. The van der Waals surface area contributed by atoms with Gasteiger partial charge in [0.2, 0.25) is 0 Å². The molecule has 0 aliphatic rings. The molecule has 0 unspecified atom stereocenters. The van der Waals surface area contributed by atoms with E-state index in [9.17, 15) is 0 Å². The average Bonchev–Trinajstić information content (AvgIpc) is 2.32. The summed E-state index contributed by atoms with van der Waals surface area (Å²) in [5, 5.41) is 0. The lowest BCUT2D eigenvalue weighted by molar-refractivity contribution is 1.05. The zero-order valence-electron chi connectivity index (χ0n) is 9.67. The summed E-state index contributed by atoms with van der Waals surface area (Å²) in [6.07, 6.45) is 0. The van der Waals surface area contributed by atoms with Crippen molar-refractivity contribution < 1.29 is 0 Å². The van der Waals surface area contributed by atoms with E-state index in [-0.39, 0.29) is 0 Å². The fraction of sp³-hybridized carbons (Fsp3) is 0.231. The van der Waals surface area contributed by atoms with E-state index in [0.717, 1.165) is 27.2 Å². The van der Waals surface area contributed by atoms with Gasteiger partial charge in [0.1, 0.15) is 0 Å². The van der Waals surface area contributed by atoms with Crippen molar-refractivity contribution in [3.63, 3.8) is 0 Å². The number of hydrogen-bond acceptors (Lipinski definition) is 2.